The van der Waals surface area contributed by atoms with Crippen molar-refractivity contribution in [1.82, 2.24) is 4.98 Å². The van der Waals surface area contributed by atoms with Crippen molar-refractivity contribution in [3.63, 3.8) is 0 Å². The molecule has 150 valence electrons. The van der Waals surface area contributed by atoms with Crippen molar-refractivity contribution in [2.45, 2.75) is 22.9 Å². The van der Waals surface area contributed by atoms with Gasteiger partial charge in [0, 0.05) is 15.8 Å². The van der Waals surface area contributed by atoms with Crippen LogP contribution in [0.3, 0.4) is 0 Å². The van der Waals surface area contributed by atoms with Crippen LogP contribution in [0.25, 0.3) is 10.9 Å². The van der Waals surface area contributed by atoms with Crippen LogP contribution in [0.15, 0.2) is 89.8 Å². The van der Waals surface area contributed by atoms with Crippen LogP contribution in [0.1, 0.15) is 17.4 Å². The second-order valence-electron chi connectivity index (χ2n) is 7.21. The number of hydrogen-bond donors (Lipinski definition) is 1. The van der Waals surface area contributed by atoms with Gasteiger partial charge in [-0.3, -0.25) is 0 Å². The average molecular weight is 416 g/mol. The first-order chi connectivity index (χ1) is 14.8. The summed E-state index contributed by atoms with van der Waals surface area (Å²) >= 11 is 1.63. The first-order valence-corrected chi connectivity index (χ1v) is 10.8. The Bertz CT molecular complexity index is 1170. The molecule has 1 aliphatic heterocycles. The van der Waals surface area contributed by atoms with Gasteiger partial charge in [-0.2, -0.15) is 0 Å². The zero-order valence-corrected chi connectivity index (χ0v) is 17.1. The Morgan fingerprint density at radius 1 is 0.967 bits per heavy atom. The normalized spacial score (nSPS) is 17.9. The summed E-state index contributed by atoms with van der Waals surface area (Å²) < 4.78 is 11.9. The number of thioether (sulfide) groups is 1. The van der Waals surface area contributed by atoms with Crippen LogP contribution >= 0.6 is 11.8 Å². The Hall–Kier alpha value is -3.02. The van der Waals surface area contributed by atoms with Gasteiger partial charge in [0.15, 0.2) is 0 Å². The van der Waals surface area contributed by atoms with Gasteiger partial charge in [-0.1, -0.05) is 42.5 Å². The monoisotopic (exact) mass is 415 g/mol. The number of pyridine rings is 1. The largest absolute Gasteiger partial charge is 0.492 e. The maximum absolute atomic E-state index is 10.9. The molecule has 0 saturated heterocycles. The van der Waals surface area contributed by atoms with Gasteiger partial charge in [0.05, 0.1) is 22.6 Å². The molecule has 0 fully saturated rings. The number of fused-ring (bicyclic) bond motifs is 2. The van der Waals surface area contributed by atoms with Gasteiger partial charge in [0.1, 0.15) is 24.7 Å². The Morgan fingerprint density at radius 3 is 2.70 bits per heavy atom. The van der Waals surface area contributed by atoms with Gasteiger partial charge >= 0.3 is 0 Å². The third-order valence-corrected chi connectivity index (χ3v) is 6.37. The van der Waals surface area contributed by atoms with Crippen LogP contribution in [-0.2, 0) is 6.61 Å². The number of aliphatic hydroxyl groups excluding tert-OH is 1. The molecule has 3 aromatic carbocycles. The fourth-order valence-electron chi connectivity index (χ4n) is 3.56. The molecular weight excluding hydrogens is 394 g/mol. The lowest BCUT2D eigenvalue weighted by Gasteiger charge is -2.30. The Balaban J connectivity index is 1.30. The van der Waals surface area contributed by atoms with E-state index in [1.807, 2.05) is 78.9 Å². The molecule has 1 aromatic heterocycles. The van der Waals surface area contributed by atoms with E-state index in [0.29, 0.717) is 24.7 Å². The lowest BCUT2D eigenvalue weighted by Crippen LogP contribution is -2.28. The molecule has 1 aliphatic rings. The SMILES string of the molecule is O[C@H]1c2cc(OCc3ccc4ccccc4n3)ccc2OC[C@@H]1Sc1ccccc1. The van der Waals surface area contributed by atoms with E-state index in [1.54, 1.807) is 11.8 Å². The van der Waals surface area contributed by atoms with E-state index in [9.17, 15) is 5.11 Å². The number of aliphatic hydroxyl groups is 1. The molecule has 1 N–H and O–H groups in total. The Labute approximate surface area is 179 Å². The standard InChI is InChI=1S/C25H21NO3S/c27-25-21-14-19(28-15-18-11-10-17-6-4-5-9-22(17)26-18)12-13-23(21)29-16-24(25)30-20-7-2-1-3-8-20/h1-14,24-25,27H,15-16H2/t24-,25-/m0/s1. The second-order valence-corrected chi connectivity index (χ2v) is 8.52. The summed E-state index contributed by atoms with van der Waals surface area (Å²) in [5, 5.41) is 12.0. The fourth-order valence-corrected chi connectivity index (χ4v) is 4.64. The molecule has 5 rings (SSSR count). The Morgan fingerprint density at radius 2 is 1.80 bits per heavy atom. The minimum Gasteiger partial charge on any atom is -0.492 e. The Kier molecular flexibility index (Phi) is 5.30. The van der Waals surface area contributed by atoms with Gasteiger partial charge in [-0.25, -0.2) is 4.98 Å². The number of ether oxygens (including phenoxy) is 2. The predicted octanol–water partition coefficient (Wildman–Crippen LogP) is 5.40. The van der Waals surface area contributed by atoms with Crippen LogP contribution in [0.2, 0.25) is 0 Å². The number of aromatic nitrogens is 1. The molecular formula is C25H21NO3S. The molecule has 2 atom stereocenters. The van der Waals surface area contributed by atoms with Crippen molar-refractivity contribution in [3.8, 4) is 11.5 Å². The van der Waals surface area contributed by atoms with Crippen molar-refractivity contribution in [2.75, 3.05) is 6.61 Å². The quantitative estimate of drug-likeness (QED) is 0.473. The van der Waals surface area contributed by atoms with Gasteiger partial charge in [0.2, 0.25) is 0 Å². The van der Waals surface area contributed by atoms with Gasteiger partial charge < -0.3 is 14.6 Å². The highest BCUT2D eigenvalue weighted by molar-refractivity contribution is 8.00. The fraction of sp³-hybridized carbons (Fsp3) is 0.160. The summed E-state index contributed by atoms with van der Waals surface area (Å²) in [6.07, 6.45) is -0.624. The smallest absolute Gasteiger partial charge is 0.130 e. The maximum atomic E-state index is 10.9. The van der Waals surface area contributed by atoms with Crippen molar-refractivity contribution < 1.29 is 14.6 Å². The van der Waals surface area contributed by atoms with Crippen LogP contribution in [-0.4, -0.2) is 21.9 Å². The van der Waals surface area contributed by atoms with E-state index in [-0.39, 0.29) is 5.25 Å². The molecule has 0 amide bonds. The van der Waals surface area contributed by atoms with Gasteiger partial charge in [0.25, 0.3) is 0 Å². The molecule has 0 bridgehead atoms. The zero-order chi connectivity index (χ0) is 20.3. The predicted molar refractivity (Wildman–Crippen MR) is 119 cm³/mol. The van der Waals surface area contributed by atoms with Gasteiger partial charge in [-0.15, -0.1) is 11.8 Å². The lowest BCUT2D eigenvalue weighted by molar-refractivity contribution is 0.122. The number of benzene rings is 3. The minimum absolute atomic E-state index is 0.0719. The molecule has 0 unspecified atom stereocenters. The van der Waals surface area contributed by atoms with Crippen molar-refractivity contribution >= 4 is 22.7 Å². The number of hydrogen-bond acceptors (Lipinski definition) is 5. The van der Waals surface area contributed by atoms with E-state index >= 15 is 0 Å². The highest BCUT2D eigenvalue weighted by Crippen LogP contribution is 2.41. The van der Waals surface area contributed by atoms with Crippen molar-refractivity contribution in [2.24, 2.45) is 0 Å². The number of rotatable bonds is 5. The molecule has 4 aromatic rings. The molecule has 2 heterocycles. The summed E-state index contributed by atoms with van der Waals surface area (Å²) in [6, 6.07) is 27.7. The summed E-state index contributed by atoms with van der Waals surface area (Å²) in [6.45, 7) is 0.831. The van der Waals surface area contributed by atoms with Crippen molar-refractivity contribution in [1.29, 1.82) is 0 Å². The highest BCUT2D eigenvalue weighted by Gasteiger charge is 2.30. The van der Waals surface area contributed by atoms with Crippen molar-refractivity contribution in [3.05, 3.63) is 96.2 Å². The van der Waals surface area contributed by atoms with E-state index < -0.39 is 6.10 Å². The molecule has 30 heavy (non-hydrogen) atoms. The molecule has 0 spiro atoms. The summed E-state index contributed by atoms with van der Waals surface area (Å²) in [7, 11) is 0. The second kappa shape index (κ2) is 8.38. The number of para-hydroxylation sites is 1. The lowest BCUT2D eigenvalue weighted by atomic mass is 10.0. The third-order valence-electron chi connectivity index (χ3n) is 5.13. The molecule has 4 nitrogen and oxygen atoms in total. The summed E-state index contributed by atoms with van der Waals surface area (Å²) in [5.41, 5.74) is 2.58. The third kappa shape index (κ3) is 3.99. The number of nitrogens with zero attached hydrogens (tertiary/aromatic N) is 1. The molecule has 0 radical (unpaired) electrons. The zero-order valence-electron chi connectivity index (χ0n) is 16.3. The molecule has 5 heteroatoms. The van der Waals surface area contributed by atoms with E-state index in [4.69, 9.17) is 9.47 Å². The molecule has 0 saturated carbocycles. The molecule has 0 aliphatic carbocycles. The summed E-state index contributed by atoms with van der Waals surface area (Å²) in [4.78, 5) is 5.76. The first-order valence-electron chi connectivity index (χ1n) is 9.90. The van der Waals surface area contributed by atoms with Gasteiger partial charge in [-0.05, 0) is 42.5 Å². The first kappa shape index (κ1) is 19.0. The van der Waals surface area contributed by atoms with E-state index in [0.717, 1.165) is 27.1 Å². The topological polar surface area (TPSA) is 51.6 Å². The maximum Gasteiger partial charge on any atom is 0.130 e. The van der Waals surface area contributed by atoms with Crippen LogP contribution in [0, 0.1) is 0 Å². The van der Waals surface area contributed by atoms with Crippen LogP contribution < -0.4 is 9.47 Å². The van der Waals surface area contributed by atoms with Crippen LogP contribution in [0.4, 0.5) is 0 Å². The summed E-state index contributed by atoms with van der Waals surface area (Å²) in [5.74, 6) is 1.40. The van der Waals surface area contributed by atoms with E-state index in [1.165, 1.54) is 0 Å². The van der Waals surface area contributed by atoms with E-state index in [2.05, 4.69) is 11.1 Å². The minimum atomic E-state index is -0.624. The average Bonchev–Trinajstić information content (AvgIpc) is 2.80. The van der Waals surface area contributed by atoms with Crippen LogP contribution in [0.5, 0.6) is 11.5 Å². The highest BCUT2D eigenvalue weighted by atomic mass is 32.2.